The number of nitriles is 1. The zero-order valence-electron chi connectivity index (χ0n) is 11.4. The van der Waals surface area contributed by atoms with E-state index in [-0.39, 0.29) is 5.56 Å². The van der Waals surface area contributed by atoms with Gasteiger partial charge in [0.25, 0.3) is 0 Å². The molecule has 1 aromatic heterocycles. The number of carboxylic acids is 1. The first-order valence-corrected chi connectivity index (χ1v) is 6.55. The molecule has 0 spiro atoms. The number of carbonyl (C=O) groups is 1. The van der Waals surface area contributed by atoms with E-state index in [4.69, 9.17) is 5.26 Å². The van der Waals surface area contributed by atoms with Gasteiger partial charge in [-0.05, 0) is 23.8 Å². The molecule has 0 aliphatic carbocycles. The van der Waals surface area contributed by atoms with Crippen LogP contribution in [0.2, 0.25) is 0 Å². The Morgan fingerprint density at radius 2 is 2.10 bits per heavy atom. The summed E-state index contributed by atoms with van der Waals surface area (Å²) in [5.74, 6) is -0.973. The summed E-state index contributed by atoms with van der Waals surface area (Å²) in [5.41, 5.74) is 1.82. The highest BCUT2D eigenvalue weighted by molar-refractivity contribution is 5.94. The molecule has 21 heavy (non-hydrogen) atoms. The molecule has 0 amide bonds. The molecule has 1 aromatic carbocycles. The first-order valence-electron chi connectivity index (χ1n) is 6.55. The van der Waals surface area contributed by atoms with Crippen molar-refractivity contribution in [1.82, 2.24) is 4.98 Å². The lowest BCUT2D eigenvalue weighted by molar-refractivity contribution is 0.0697. The molecule has 0 unspecified atom stereocenters. The van der Waals surface area contributed by atoms with Crippen molar-refractivity contribution in [2.75, 3.05) is 11.4 Å². The van der Waals surface area contributed by atoms with Gasteiger partial charge >= 0.3 is 5.97 Å². The van der Waals surface area contributed by atoms with Crippen molar-refractivity contribution in [3.8, 4) is 6.07 Å². The van der Waals surface area contributed by atoms with Crippen LogP contribution >= 0.6 is 0 Å². The number of para-hydroxylation sites is 1. The Labute approximate surface area is 123 Å². The summed E-state index contributed by atoms with van der Waals surface area (Å²) in [6.45, 7) is 0.982. The van der Waals surface area contributed by atoms with Crippen LogP contribution in [0.5, 0.6) is 0 Å². The molecular formula is C16H15N3O2. The monoisotopic (exact) mass is 281 g/mol. The average Bonchev–Trinajstić information content (AvgIpc) is 2.52. The zero-order valence-corrected chi connectivity index (χ0v) is 11.4. The second-order valence-corrected chi connectivity index (χ2v) is 4.51. The predicted molar refractivity (Wildman–Crippen MR) is 78.9 cm³/mol. The quantitative estimate of drug-likeness (QED) is 0.880. The van der Waals surface area contributed by atoms with Gasteiger partial charge in [0.15, 0.2) is 0 Å². The molecule has 0 aliphatic heterocycles. The Morgan fingerprint density at radius 3 is 2.76 bits per heavy atom. The van der Waals surface area contributed by atoms with Gasteiger partial charge in [0.1, 0.15) is 0 Å². The van der Waals surface area contributed by atoms with E-state index < -0.39 is 5.97 Å². The summed E-state index contributed by atoms with van der Waals surface area (Å²) in [5, 5.41) is 18.1. The smallest absolute Gasteiger partial charge is 0.337 e. The first kappa shape index (κ1) is 14.5. The van der Waals surface area contributed by atoms with Crippen LogP contribution in [0.3, 0.4) is 0 Å². The molecule has 0 aliphatic rings. The second-order valence-electron chi connectivity index (χ2n) is 4.51. The Balaban J connectivity index is 2.32. The van der Waals surface area contributed by atoms with E-state index >= 15 is 0 Å². The highest BCUT2D eigenvalue weighted by Gasteiger charge is 2.15. The summed E-state index contributed by atoms with van der Waals surface area (Å²) >= 11 is 0. The van der Waals surface area contributed by atoms with E-state index in [1.807, 2.05) is 17.0 Å². The van der Waals surface area contributed by atoms with Crippen molar-refractivity contribution >= 4 is 11.7 Å². The standard InChI is InChI=1S/C16H15N3O2/c17-8-4-10-19(12-13-5-3-9-18-11-13)15-7-2-1-6-14(15)16(20)21/h1-3,5-7,9,11H,4,10,12H2,(H,20,21). The number of anilines is 1. The summed E-state index contributed by atoms with van der Waals surface area (Å²) < 4.78 is 0. The second kappa shape index (κ2) is 7.06. The molecule has 2 aromatic rings. The molecule has 5 nitrogen and oxygen atoms in total. The van der Waals surface area contributed by atoms with Crippen LogP contribution in [-0.4, -0.2) is 22.6 Å². The van der Waals surface area contributed by atoms with Crippen LogP contribution in [0.15, 0.2) is 48.8 Å². The fraction of sp³-hybridized carbons (Fsp3) is 0.188. The van der Waals surface area contributed by atoms with Gasteiger partial charge in [-0.1, -0.05) is 18.2 Å². The lowest BCUT2D eigenvalue weighted by Crippen LogP contribution is -2.25. The maximum atomic E-state index is 11.3. The van der Waals surface area contributed by atoms with Gasteiger partial charge < -0.3 is 10.0 Å². The zero-order chi connectivity index (χ0) is 15.1. The van der Waals surface area contributed by atoms with Crippen LogP contribution in [-0.2, 0) is 6.54 Å². The molecular weight excluding hydrogens is 266 g/mol. The summed E-state index contributed by atoms with van der Waals surface area (Å²) in [6.07, 6.45) is 3.76. The van der Waals surface area contributed by atoms with Crippen molar-refractivity contribution in [2.45, 2.75) is 13.0 Å². The molecule has 5 heteroatoms. The molecule has 106 valence electrons. The van der Waals surface area contributed by atoms with E-state index in [1.165, 1.54) is 0 Å². The Hall–Kier alpha value is -2.87. The highest BCUT2D eigenvalue weighted by atomic mass is 16.4. The minimum Gasteiger partial charge on any atom is -0.478 e. The number of rotatable bonds is 6. The maximum absolute atomic E-state index is 11.3. The summed E-state index contributed by atoms with van der Waals surface area (Å²) in [7, 11) is 0. The van der Waals surface area contributed by atoms with Crippen molar-refractivity contribution in [1.29, 1.82) is 5.26 Å². The number of aromatic nitrogens is 1. The minimum atomic E-state index is -0.973. The Morgan fingerprint density at radius 1 is 1.29 bits per heavy atom. The van der Waals surface area contributed by atoms with Gasteiger partial charge in [-0.2, -0.15) is 5.26 Å². The molecule has 2 rings (SSSR count). The van der Waals surface area contributed by atoms with Crippen molar-refractivity contribution in [3.05, 3.63) is 59.9 Å². The van der Waals surface area contributed by atoms with Crippen LogP contribution in [0.25, 0.3) is 0 Å². The summed E-state index contributed by atoms with van der Waals surface area (Å²) in [4.78, 5) is 17.3. The summed E-state index contributed by atoms with van der Waals surface area (Å²) in [6, 6.07) is 12.7. The van der Waals surface area contributed by atoms with Crippen LogP contribution in [0.1, 0.15) is 22.3 Å². The minimum absolute atomic E-state index is 0.235. The normalized spacial score (nSPS) is 9.86. The largest absolute Gasteiger partial charge is 0.478 e. The number of carboxylic acid groups (broad SMARTS) is 1. The Bertz CT molecular complexity index is 650. The molecule has 1 heterocycles. The Kier molecular flexibility index (Phi) is 4.89. The van der Waals surface area contributed by atoms with Crippen molar-refractivity contribution < 1.29 is 9.90 Å². The van der Waals surface area contributed by atoms with Gasteiger partial charge in [-0.15, -0.1) is 0 Å². The maximum Gasteiger partial charge on any atom is 0.337 e. The van der Waals surface area contributed by atoms with Gasteiger partial charge in [0.05, 0.1) is 23.7 Å². The van der Waals surface area contributed by atoms with Crippen LogP contribution in [0, 0.1) is 11.3 Å². The van der Waals surface area contributed by atoms with Gasteiger partial charge in [0, 0.05) is 25.5 Å². The van der Waals surface area contributed by atoms with E-state index in [0.717, 1.165) is 5.56 Å². The number of benzene rings is 1. The van der Waals surface area contributed by atoms with Crippen molar-refractivity contribution in [2.24, 2.45) is 0 Å². The van der Waals surface area contributed by atoms with Gasteiger partial charge in [-0.3, -0.25) is 4.98 Å². The molecule has 0 saturated carbocycles. The van der Waals surface area contributed by atoms with Gasteiger partial charge in [-0.25, -0.2) is 4.79 Å². The number of hydrogen-bond acceptors (Lipinski definition) is 4. The third kappa shape index (κ3) is 3.80. The van der Waals surface area contributed by atoms with Crippen LogP contribution in [0.4, 0.5) is 5.69 Å². The first-order chi connectivity index (χ1) is 10.2. The van der Waals surface area contributed by atoms with E-state index in [1.54, 1.807) is 36.7 Å². The molecule has 0 bridgehead atoms. The third-order valence-corrected chi connectivity index (χ3v) is 3.06. The van der Waals surface area contributed by atoms with E-state index in [2.05, 4.69) is 11.1 Å². The van der Waals surface area contributed by atoms with E-state index in [9.17, 15) is 9.90 Å². The molecule has 0 atom stereocenters. The predicted octanol–water partition coefficient (Wildman–Crippen LogP) is 2.70. The molecule has 0 fully saturated rings. The van der Waals surface area contributed by atoms with Crippen molar-refractivity contribution in [3.63, 3.8) is 0 Å². The SMILES string of the molecule is N#CCCN(Cc1cccnc1)c1ccccc1C(=O)O. The lowest BCUT2D eigenvalue weighted by atomic mass is 10.1. The fourth-order valence-electron chi connectivity index (χ4n) is 2.11. The van der Waals surface area contributed by atoms with E-state index in [0.29, 0.717) is 25.2 Å². The highest BCUT2D eigenvalue weighted by Crippen LogP contribution is 2.22. The third-order valence-electron chi connectivity index (χ3n) is 3.06. The average molecular weight is 281 g/mol. The fourth-order valence-corrected chi connectivity index (χ4v) is 2.11. The molecule has 0 saturated heterocycles. The topological polar surface area (TPSA) is 77.2 Å². The lowest BCUT2D eigenvalue weighted by Gasteiger charge is -2.25. The van der Waals surface area contributed by atoms with Crippen LogP contribution < -0.4 is 4.90 Å². The molecule has 0 radical (unpaired) electrons. The number of pyridine rings is 1. The number of nitrogens with zero attached hydrogens (tertiary/aromatic N) is 3. The van der Waals surface area contributed by atoms with Gasteiger partial charge in [0.2, 0.25) is 0 Å². The molecule has 1 N–H and O–H groups in total. The number of hydrogen-bond donors (Lipinski definition) is 1. The number of aromatic carboxylic acids is 1.